The first-order chi connectivity index (χ1) is 23.0. The normalized spacial score (nSPS) is 16.9. The Labute approximate surface area is 276 Å². The summed E-state index contributed by atoms with van der Waals surface area (Å²) in [4.78, 5) is 25.8. The lowest BCUT2D eigenvalue weighted by Crippen LogP contribution is -2.44. The number of rotatable bonds is 10. The van der Waals surface area contributed by atoms with Gasteiger partial charge in [0.15, 0.2) is 0 Å². The van der Waals surface area contributed by atoms with Gasteiger partial charge in [-0.15, -0.1) is 0 Å². The molecule has 10 heteroatoms. The third kappa shape index (κ3) is 6.25. The van der Waals surface area contributed by atoms with Gasteiger partial charge in [-0.05, 0) is 70.8 Å². The molecule has 0 spiro atoms. The number of esters is 2. The van der Waals surface area contributed by atoms with Crippen molar-refractivity contribution in [2.45, 2.75) is 26.7 Å². The van der Waals surface area contributed by atoms with Gasteiger partial charge in [0.05, 0.1) is 50.8 Å². The summed E-state index contributed by atoms with van der Waals surface area (Å²) in [7, 11) is 0. The van der Waals surface area contributed by atoms with Gasteiger partial charge in [-0.25, -0.2) is 18.4 Å². The summed E-state index contributed by atoms with van der Waals surface area (Å²) in [6, 6.07) is 18.6. The van der Waals surface area contributed by atoms with Crippen LogP contribution < -0.4 is 18.9 Å². The third-order valence-corrected chi connectivity index (χ3v) is 8.99. The Hall–Kier alpha value is -4.80. The molecule has 1 aliphatic carbocycles. The molecule has 0 aromatic heterocycles. The van der Waals surface area contributed by atoms with E-state index in [0.29, 0.717) is 51.1 Å². The molecule has 0 saturated carbocycles. The van der Waals surface area contributed by atoms with E-state index in [0.717, 1.165) is 22.3 Å². The molecule has 48 heavy (non-hydrogen) atoms. The summed E-state index contributed by atoms with van der Waals surface area (Å²) < 4.78 is 62.7. The second-order valence-corrected chi connectivity index (χ2v) is 13.5. The minimum atomic E-state index is -0.829. The maximum atomic E-state index is 14.9. The van der Waals surface area contributed by atoms with Crippen molar-refractivity contribution in [2.75, 3.05) is 39.6 Å². The van der Waals surface area contributed by atoms with Crippen LogP contribution in [0.2, 0.25) is 0 Å². The van der Waals surface area contributed by atoms with Gasteiger partial charge < -0.3 is 28.4 Å². The van der Waals surface area contributed by atoms with Crippen LogP contribution in [0.4, 0.5) is 8.78 Å². The van der Waals surface area contributed by atoms with Gasteiger partial charge in [-0.3, -0.25) is 0 Å². The number of carbonyl (C=O) groups is 2. The maximum Gasteiger partial charge on any atom is 0.346 e. The van der Waals surface area contributed by atoms with Crippen molar-refractivity contribution in [1.29, 1.82) is 0 Å². The standard InChI is InChI=1S/C38H34F2O8/c1-22-31-12-25(47-35(41)29-10-4-23(14-33(29)39)45-20-37(2)16-43-17-37)6-8-27(31)28-9-7-26(13-32(22)28)48-36(42)30-11-5-24(15-34(30)40)46-21-38(3)18-44-19-38/h4-15,22H,16-21H2,1-3H3. The molecule has 4 aromatic carbocycles. The molecule has 4 aromatic rings. The quantitative estimate of drug-likeness (QED) is 0.129. The van der Waals surface area contributed by atoms with E-state index in [9.17, 15) is 18.4 Å². The average molecular weight is 657 g/mol. The summed E-state index contributed by atoms with van der Waals surface area (Å²) in [5.74, 6) is -2.10. The Bertz CT molecular complexity index is 1780. The molecule has 0 radical (unpaired) electrons. The fraction of sp³-hybridized carbons (Fsp3) is 0.316. The molecular weight excluding hydrogens is 622 g/mol. The highest BCUT2D eigenvalue weighted by Gasteiger charge is 2.35. The van der Waals surface area contributed by atoms with Crippen molar-refractivity contribution in [1.82, 2.24) is 0 Å². The minimum Gasteiger partial charge on any atom is -0.493 e. The lowest BCUT2D eigenvalue weighted by Gasteiger charge is -2.37. The molecule has 8 nitrogen and oxygen atoms in total. The van der Waals surface area contributed by atoms with Crippen molar-refractivity contribution >= 4 is 11.9 Å². The zero-order valence-corrected chi connectivity index (χ0v) is 26.8. The van der Waals surface area contributed by atoms with E-state index in [-0.39, 0.29) is 39.4 Å². The van der Waals surface area contributed by atoms with Crippen LogP contribution in [0.3, 0.4) is 0 Å². The fourth-order valence-electron chi connectivity index (χ4n) is 5.99. The first-order valence-electron chi connectivity index (χ1n) is 15.7. The third-order valence-electron chi connectivity index (χ3n) is 8.99. The van der Waals surface area contributed by atoms with Gasteiger partial charge in [-0.2, -0.15) is 0 Å². The number of hydrogen-bond donors (Lipinski definition) is 0. The lowest BCUT2D eigenvalue weighted by molar-refractivity contribution is -0.120. The first-order valence-corrected chi connectivity index (χ1v) is 15.7. The monoisotopic (exact) mass is 656 g/mol. The molecule has 248 valence electrons. The number of carbonyl (C=O) groups excluding carboxylic acids is 2. The first kappa shape index (κ1) is 31.8. The molecule has 0 unspecified atom stereocenters. The van der Waals surface area contributed by atoms with Gasteiger partial charge in [0.1, 0.15) is 34.6 Å². The van der Waals surface area contributed by atoms with E-state index in [1.165, 1.54) is 24.3 Å². The number of benzene rings is 4. The molecule has 7 rings (SSSR count). The van der Waals surface area contributed by atoms with E-state index < -0.39 is 23.6 Å². The molecule has 2 aliphatic heterocycles. The summed E-state index contributed by atoms with van der Waals surface area (Å²) in [5.41, 5.74) is 3.02. The number of ether oxygens (including phenoxy) is 6. The van der Waals surface area contributed by atoms with Crippen LogP contribution in [0, 0.1) is 22.5 Å². The number of hydrogen-bond acceptors (Lipinski definition) is 8. The zero-order chi connectivity index (χ0) is 33.6. The minimum absolute atomic E-state index is 0.100. The van der Waals surface area contributed by atoms with E-state index in [1.54, 1.807) is 36.4 Å². The highest BCUT2D eigenvalue weighted by Crippen LogP contribution is 2.47. The van der Waals surface area contributed by atoms with Crippen LogP contribution in [0.5, 0.6) is 23.0 Å². The van der Waals surface area contributed by atoms with Gasteiger partial charge in [0, 0.05) is 28.9 Å². The van der Waals surface area contributed by atoms with Crippen molar-refractivity contribution in [3.8, 4) is 34.1 Å². The van der Waals surface area contributed by atoms with Crippen molar-refractivity contribution in [3.63, 3.8) is 0 Å². The van der Waals surface area contributed by atoms with Gasteiger partial charge in [0.2, 0.25) is 0 Å². The van der Waals surface area contributed by atoms with Crippen LogP contribution in [0.15, 0.2) is 72.8 Å². The van der Waals surface area contributed by atoms with Crippen molar-refractivity contribution in [2.24, 2.45) is 10.8 Å². The molecule has 2 heterocycles. The second-order valence-electron chi connectivity index (χ2n) is 13.5. The summed E-state index contributed by atoms with van der Waals surface area (Å²) in [6.45, 7) is 9.14. The molecule has 3 aliphatic rings. The van der Waals surface area contributed by atoms with Crippen molar-refractivity contribution in [3.05, 3.63) is 107 Å². The van der Waals surface area contributed by atoms with Crippen molar-refractivity contribution < 1.29 is 46.8 Å². The predicted octanol–water partition coefficient (Wildman–Crippen LogP) is 7.37. The highest BCUT2D eigenvalue weighted by molar-refractivity contribution is 5.93. The van der Waals surface area contributed by atoms with Crippen LogP contribution in [0.1, 0.15) is 58.5 Å². The van der Waals surface area contributed by atoms with Crippen LogP contribution in [-0.4, -0.2) is 51.6 Å². The Morgan fingerprint density at radius 2 is 1.04 bits per heavy atom. The molecular formula is C38H34F2O8. The fourth-order valence-corrected chi connectivity index (χ4v) is 5.99. The van der Waals surface area contributed by atoms with Crippen LogP contribution in [-0.2, 0) is 9.47 Å². The second kappa shape index (κ2) is 12.3. The predicted molar refractivity (Wildman–Crippen MR) is 171 cm³/mol. The molecule has 0 N–H and O–H groups in total. The smallest absolute Gasteiger partial charge is 0.346 e. The Morgan fingerprint density at radius 1 is 0.646 bits per heavy atom. The average Bonchev–Trinajstić information content (AvgIpc) is 3.31. The van der Waals surface area contributed by atoms with E-state index >= 15 is 0 Å². The molecule has 0 atom stereocenters. The summed E-state index contributed by atoms with van der Waals surface area (Å²) >= 11 is 0. The van der Waals surface area contributed by atoms with Crippen LogP contribution in [0.25, 0.3) is 11.1 Å². The largest absolute Gasteiger partial charge is 0.493 e. The maximum absolute atomic E-state index is 14.9. The highest BCUT2D eigenvalue weighted by atomic mass is 19.1. The van der Waals surface area contributed by atoms with E-state index in [4.69, 9.17) is 28.4 Å². The summed E-state index contributed by atoms with van der Waals surface area (Å²) in [5, 5.41) is 0. The summed E-state index contributed by atoms with van der Waals surface area (Å²) in [6.07, 6.45) is 0. The van der Waals surface area contributed by atoms with Gasteiger partial charge in [0.25, 0.3) is 0 Å². The topological polar surface area (TPSA) is 89.5 Å². The Morgan fingerprint density at radius 3 is 1.40 bits per heavy atom. The zero-order valence-electron chi connectivity index (χ0n) is 26.8. The molecule has 0 bridgehead atoms. The van der Waals surface area contributed by atoms with E-state index in [2.05, 4.69) is 0 Å². The molecule has 2 saturated heterocycles. The lowest BCUT2D eigenvalue weighted by atomic mass is 9.90. The van der Waals surface area contributed by atoms with Crippen LogP contribution >= 0.6 is 0 Å². The number of fused-ring (bicyclic) bond motifs is 3. The van der Waals surface area contributed by atoms with E-state index in [1.807, 2.05) is 32.9 Å². The SMILES string of the molecule is CC1c2cc(OC(=O)c3ccc(OCC4(C)COC4)cc3F)ccc2-c2ccc(OC(=O)c3ccc(OCC4(C)COC4)cc3F)cc21. The van der Waals surface area contributed by atoms with Gasteiger partial charge in [-0.1, -0.05) is 32.9 Å². The molecule has 0 amide bonds. The Kier molecular flexibility index (Phi) is 8.17. The number of halogens is 2. The Balaban J connectivity index is 0.995. The van der Waals surface area contributed by atoms with Gasteiger partial charge >= 0.3 is 11.9 Å². The molecule has 2 fully saturated rings.